The second kappa shape index (κ2) is 6.60. The second-order valence-electron chi connectivity index (χ2n) is 4.10. The first-order chi connectivity index (χ1) is 8.02. The molecule has 0 radical (unpaired) electrons. The molecule has 0 aliphatic rings. The highest BCUT2D eigenvalue weighted by atomic mass is 79.9. The van der Waals surface area contributed by atoms with E-state index >= 15 is 0 Å². The molecule has 17 heavy (non-hydrogen) atoms. The van der Waals surface area contributed by atoms with Crippen molar-refractivity contribution in [1.82, 2.24) is 4.90 Å². The third kappa shape index (κ3) is 4.73. The highest BCUT2D eigenvalue weighted by molar-refractivity contribution is 9.10. The van der Waals surface area contributed by atoms with E-state index in [-0.39, 0.29) is 0 Å². The monoisotopic (exact) mass is 297 g/mol. The molecule has 0 saturated carbocycles. The highest BCUT2D eigenvalue weighted by Crippen LogP contribution is 2.20. The maximum atomic E-state index is 9.72. The van der Waals surface area contributed by atoms with Crippen LogP contribution in [0.15, 0.2) is 22.7 Å². The normalized spacial score (nSPS) is 12.2. The first-order valence-electron chi connectivity index (χ1n) is 5.29. The molecule has 0 aliphatic heterocycles. The number of hydrogen-bond acceptors (Lipinski definition) is 4. The number of likely N-dealkylation sites (N-methyl/N-ethyl adjacent to an activating group) is 1. The Morgan fingerprint density at radius 3 is 2.82 bits per heavy atom. The molecule has 1 aromatic carbocycles. The van der Waals surface area contributed by atoms with Gasteiger partial charge in [-0.15, -0.1) is 0 Å². The lowest BCUT2D eigenvalue weighted by Crippen LogP contribution is -2.31. The number of aliphatic hydroxyl groups excluding tert-OH is 1. The van der Waals surface area contributed by atoms with Crippen LogP contribution in [-0.4, -0.2) is 43.3 Å². The zero-order valence-corrected chi connectivity index (χ0v) is 11.5. The van der Waals surface area contributed by atoms with E-state index in [1.54, 1.807) is 6.07 Å². The molecule has 0 bridgehead atoms. The van der Waals surface area contributed by atoms with Gasteiger partial charge in [-0.05, 0) is 32.3 Å². The SMILES string of the molecule is CN(C)CC(O)CNc1cc(Br)ccc1C#N. The number of anilines is 1. The molecule has 4 nitrogen and oxygen atoms in total. The summed E-state index contributed by atoms with van der Waals surface area (Å²) in [6.45, 7) is 1.01. The van der Waals surface area contributed by atoms with Crippen molar-refractivity contribution in [2.75, 3.05) is 32.5 Å². The molecular formula is C12H16BrN3O. The smallest absolute Gasteiger partial charge is 0.101 e. The number of nitrogens with one attached hydrogen (secondary N) is 1. The zero-order chi connectivity index (χ0) is 12.8. The summed E-state index contributed by atoms with van der Waals surface area (Å²) in [6.07, 6.45) is -0.462. The number of benzene rings is 1. The maximum Gasteiger partial charge on any atom is 0.101 e. The van der Waals surface area contributed by atoms with E-state index in [4.69, 9.17) is 5.26 Å². The summed E-state index contributed by atoms with van der Waals surface area (Å²) < 4.78 is 0.904. The van der Waals surface area contributed by atoms with Crippen LogP contribution in [0.25, 0.3) is 0 Å². The van der Waals surface area contributed by atoms with Crippen LogP contribution in [0.3, 0.4) is 0 Å². The summed E-state index contributed by atoms with van der Waals surface area (Å²) in [5.74, 6) is 0. The lowest BCUT2D eigenvalue weighted by molar-refractivity contribution is 0.148. The minimum absolute atomic E-state index is 0.420. The van der Waals surface area contributed by atoms with Crippen molar-refractivity contribution in [2.45, 2.75) is 6.10 Å². The first kappa shape index (κ1) is 14.0. The number of nitriles is 1. The largest absolute Gasteiger partial charge is 0.390 e. The lowest BCUT2D eigenvalue weighted by Gasteiger charge is -2.17. The summed E-state index contributed by atoms with van der Waals surface area (Å²) in [5, 5.41) is 21.7. The zero-order valence-electron chi connectivity index (χ0n) is 9.94. The standard InChI is InChI=1S/C12H16BrN3O/c1-16(2)8-11(17)7-15-12-5-10(13)4-3-9(12)6-14/h3-5,11,15,17H,7-8H2,1-2H3. The molecule has 0 fully saturated rings. The third-order valence-electron chi connectivity index (χ3n) is 2.21. The van der Waals surface area contributed by atoms with Crippen LogP contribution < -0.4 is 5.32 Å². The minimum Gasteiger partial charge on any atom is -0.390 e. The average molecular weight is 298 g/mol. The van der Waals surface area contributed by atoms with Crippen LogP contribution in [0, 0.1) is 11.3 Å². The Labute approximate surface area is 110 Å². The minimum atomic E-state index is -0.462. The predicted molar refractivity (Wildman–Crippen MR) is 71.9 cm³/mol. The third-order valence-corrected chi connectivity index (χ3v) is 2.70. The van der Waals surface area contributed by atoms with Gasteiger partial charge < -0.3 is 15.3 Å². The topological polar surface area (TPSA) is 59.3 Å². The fourth-order valence-electron chi connectivity index (χ4n) is 1.47. The molecule has 0 saturated heterocycles. The molecule has 0 aliphatic carbocycles. The molecule has 0 amide bonds. The molecule has 1 aromatic rings. The summed E-state index contributed by atoms with van der Waals surface area (Å²) in [4.78, 5) is 1.92. The number of hydrogen-bond donors (Lipinski definition) is 2. The second-order valence-corrected chi connectivity index (χ2v) is 5.01. The van der Waals surface area contributed by atoms with Gasteiger partial charge in [0.2, 0.25) is 0 Å². The van der Waals surface area contributed by atoms with Crippen LogP contribution in [-0.2, 0) is 0 Å². The Hall–Kier alpha value is -1.09. The molecule has 5 heteroatoms. The van der Waals surface area contributed by atoms with Gasteiger partial charge in [0.15, 0.2) is 0 Å². The number of rotatable bonds is 5. The van der Waals surface area contributed by atoms with Crippen LogP contribution >= 0.6 is 15.9 Å². The van der Waals surface area contributed by atoms with E-state index in [2.05, 4.69) is 27.3 Å². The van der Waals surface area contributed by atoms with Crippen molar-refractivity contribution in [1.29, 1.82) is 5.26 Å². The van der Waals surface area contributed by atoms with Crippen molar-refractivity contribution in [3.8, 4) is 6.07 Å². The number of nitrogens with zero attached hydrogens (tertiary/aromatic N) is 2. The Morgan fingerprint density at radius 2 is 2.24 bits per heavy atom. The molecule has 1 rings (SSSR count). The Kier molecular flexibility index (Phi) is 5.42. The van der Waals surface area contributed by atoms with E-state index in [1.807, 2.05) is 31.1 Å². The van der Waals surface area contributed by atoms with Crippen molar-refractivity contribution in [2.24, 2.45) is 0 Å². The van der Waals surface area contributed by atoms with Gasteiger partial charge in [0.1, 0.15) is 6.07 Å². The Bertz CT molecular complexity index is 415. The summed E-state index contributed by atoms with van der Waals surface area (Å²) in [7, 11) is 3.81. The van der Waals surface area contributed by atoms with Crippen molar-refractivity contribution in [3.05, 3.63) is 28.2 Å². The molecule has 92 valence electrons. The number of halogens is 1. The van der Waals surface area contributed by atoms with Gasteiger partial charge in [-0.1, -0.05) is 15.9 Å². The fourth-order valence-corrected chi connectivity index (χ4v) is 1.84. The van der Waals surface area contributed by atoms with Gasteiger partial charge in [0.05, 0.1) is 17.4 Å². The van der Waals surface area contributed by atoms with Gasteiger partial charge >= 0.3 is 0 Å². The van der Waals surface area contributed by atoms with E-state index in [0.29, 0.717) is 18.7 Å². The van der Waals surface area contributed by atoms with Gasteiger partial charge in [-0.3, -0.25) is 0 Å². The van der Waals surface area contributed by atoms with Crippen LogP contribution in [0.1, 0.15) is 5.56 Å². The number of aliphatic hydroxyl groups is 1. The molecular weight excluding hydrogens is 282 g/mol. The average Bonchev–Trinajstić information content (AvgIpc) is 2.25. The van der Waals surface area contributed by atoms with Crippen molar-refractivity contribution >= 4 is 21.6 Å². The van der Waals surface area contributed by atoms with Gasteiger partial charge in [-0.2, -0.15) is 5.26 Å². The Balaban J connectivity index is 2.63. The molecule has 2 N–H and O–H groups in total. The van der Waals surface area contributed by atoms with E-state index < -0.39 is 6.10 Å². The van der Waals surface area contributed by atoms with E-state index in [0.717, 1.165) is 10.2 Å². The predicted octanol–water partition coefficient (Wildman–Crippen LogP) is 1.66. The van der Waals surface area contributed by atoms with E-state index in [1.165, 1.54) is 0 Å². The van der Waals surface area contributed by atoms with Gasteiger partial charge in [0, 0.05) is 17.6 Å². The summed E-state index contributed by atoms with van der Waals surface area (Å²) in [6, 6.07) is 7.51. The Morgan fingerprint density at radius 1 is 1.53 bits per heavy atom. The quantitative estimate of drug-likeness (QED) is 0.868. The summed E-state index contributed by atoms with van der Waals surface area (Å²) in [5.41, 5.74) is 1.31. The van der Waals surface area contributed by atoms with Gasteiger partial charge in [-0.25, -0.2) is 0 Å². The van der Waals surface area contributed by atoms with Crippen LogP contribution in [0.4, 0.5) is 5.69 Å². The molecule has 0 heterocycles. The maximum absolute atomic E-state index is 9.72. The fraction of sp³-hybridized carbons (Fsp3) is 0.417. The first-order valence-corrected chi connectivity index (χ1v) is 6.08. The summed E-state index contributed by atoms with van der Waals surface area (Å²) >= 11 is 3.35. The van der Waals surface area contributed by atoms with Crippen LogP contribution in [0.2, 0.25) is 0 Å². The lowest BCUT2D eigenvalue weighted by atomic mass is 10.2. The van der Waals surface area contributed by atoms with E-state index in [9.17, 15) is 5.11 Å². The van der Waals surface area contributed by atoms with Crippen LogP contribution in [0.5, 0.6) is 0 Å². The molecule has 1 unspecified atom stereocenters. The van der Waals surface area contributed by atoms with Crippen molar-refractivity contribution in [3.63, 3.8) is 0 Å². The van der Waals surface area contributed by atoms with Gasteiger partial charge in [0.25, 0.3) is 0 Å². The molecule has 1 atom stereocenters. The molecule has 0 aromatic heterocycles. The highest BCUT2D eigenvalue weighted by Gasteiger charge is 2.07. The molecule has 0 spiro atoms. The van der Waals surface area contributed by atoms with Crippen molar-refractivity contribution < 1.29 is 5.11 Å².